The summed E-state index contributed by atoms with van der Waals surface area (Å²) in [5.41, 5.74) is 4.24. The van der Waals surface area contributed by atoms with E-state index < -0.39 is 0 Å². The van der Waals surface area contributed by atoms with Crippen LogP contribution in [-0.4, -0.2) is 45.8 Å². The lowest BCUT2D eigenvalue weighted by Gasteiger charge is -2.34. The van der Waals surface area contributed by atoms with Gasteiger partial charge in [0.2, 0.25) is 5.91 Å². The number of nitrogens with zero attached hydrogens (tertiary/aromatic N) is 3. The van der Waals surface area contributed by atoms with Gasteiger partial charge in [-0.3, -0.25) is 9.59 Å². The van der Waals surface area contributed by atoms with Crippen molar-refractivity contribution in [1.82, 2.24) is 14.4 Å². The van der Waals surface area contributed by atoms with Gasteiger partial charge in [-0.05, 0) is 42.7 Å². The molecule has 1 fully saturated rings. The van der Waals surface area contributed by atoms with E-state index in [0.717, 1.165) is 5.56 Å². The van der Waals surface area contributed by atoms with E-state index >= 15 is 0 Å². The van der Waals surface area contributed by atoms with E-state index in [2.05, 4.69) is 32.0 Å². The minimum absolute atomic E-state index is 0.00189. The van der Waals surface area contributed by atoms with Gasteiger partial charge < -0.3 is 14.4 Å². The highest BCUT2D eigenvalue weighted by molar-refractivity contribution is 5.95. The average molecular weight is 325 g/mol. The second-order valence-corrected chi connectivity index (χ2v) is 6.46. The monoisotopic (exact) mass is 325 g/mol. The van der Waals surface area contributed by atoms with Crippen LogP contribution in [0.5, 0.6) is 0 Å². The second-order valence-electron chi connectivity index (χ2n) is 6.46. The fourth-order valence-electron chi connectivity index (χ4n) is 3.02. The smallest absolute Gasteiger partial charge is 0.270 e. The molecule has 1 aliphatic heterocycles. The number of hydrogen-bond donors (Lipinski definition) is 0. The molecule has 0 bridgehead atoms. The van der Waals surface area contributed by atoms with Crippen molar-refractivity contribution in [3.8, 4) is 0 Å². The van der Waals surface area contributed by atoms with Crippen LogP contribution in [0.3, 0.4) is 0 Å². The Labute approximate surface area is 142 Å². The third kappa shape index (κ3) is 3.20. The van der Waals surface area contributed by atoms with Crippen LogP contribution in [0.4, 0.5) is 0 Å². The molecule has 5 heteroatoms. The maximum Gasteiger partial charge on any atom is 0.270 e. The van der Waals surface area contributed by atoms with E-state index in [1.807, 2.05) is 24.2 Å². The molecule has 0 saturated carbocycles. The van der Waals surface area contributed by atoms with Gasteiger partial charge in [0.25, 0.3) is 5.91 Å². The van der Waals surface area contributed by atoms with E-state index in [1.165, 1.54) is 11.1 Å². The Morgan fingerprint density at radius 1 is 1.12 bits per heavy atom. The highest BCUT2D eigenvalue weighted by atomic mass is 16.2. The van der Waals surface area contributed by atoms with Gasteiger partial charge in [-0.1, -0.05) is 18.2 Å². The highest BCUT2D eigenvalue weighted by Crippen LogP contribution is 2.15. The molecule has 24 heavy (non-hydrogen) atoms. The lowest BCUT2D eigenvalue weighted by Crippen LogP contribution is -2.52. The van der Waals surface area contributed by atoms with Gasteiger partial charge in [0.15, 0.2) is 0 Å². The summed E-state index contributed by atoms with van der Waals surface area (Å²) in [6.07, 6.45) is 1.84. The summed E-state index contributed by atoms with van der Waals surface area (Å²) in [5, 5.41) is 0. The van der Waals surface area contributed by atoms with Gasteiger partial charge in [0.1, 0.15) is 12.2 Å². The molecule has 1 aromatic heterocycles. The molecule has 0 radical (unpaired) electrons. The molecule has 0 aliphatic carbocycles. The van der Waals surface area contributed by atoms with Crippen molar-refractivity contribution < 1.29 is 9.59 Å². The normalized spacial score (nSPS) is 15.0. The van der Waals surface area contributed by atoms with Crippen LogP contribution < -0.4 is 0 Å². The van der Waals surface area contributed by atoms with Crippen LogP contribution in [0, 0.1) is 13.8 Å². The average Bonchev–Trinajstić information content (AvgIpc) is 2.98. The number of carbonyl (C=O) groups is 2. The van der Waals surface area contributed by atoms with E-state index in [1.54, 1.807) is 15.5 Å². The number of piperazine rings is 1. The van der Waals surface area contributed by atoms with Gasteiger partial charge >= 0.3 is 0 Å². The largest absolute Gasteiger partial charge is 0.347 e. The molecule has 1 aliphatic rings. The molecule has 2 amide bonds. The molecule has 2 heterocycles. The van der Waals surface area contributed by atoms with Crippen molar-refractivity contribution in [2.24, 2.45) is 7.05 Å². The number of aromatic nitrogens is 1. The molecule has 0 unspecified atom stereocenters. The lowest BCUT2D eigenvalue weighted by atomic mass is 10.1. The summed E-state index contributed by atoms with van der Waals surface area (Å²) in [6, 6.07) is 9.91. The third-order valence-electron chi connectivity index (χ3n) is 4.71. The Balaban J connectivity index is 1.65. The number of rotatable bonds is 3. The first-order valence-electron chi connectivity index (χ1n) is 8.20. The molecular formula is C19H23N3O2. The zero-order chi connectivity index (χ0) is 17.3. The van der Waals surface area contributed by atoms with Crippen LogP contribution in [0.25, 0.3) is 0 Å². The fraction of sp³-hybridized carbons (Fsp3) is 0.368. The van der Waals surface area contributed by atoms with Crippen molar-refractivity contribution in [1.29, 1.82) is 0 Å². The van der Waals surface area contributed by atoms with Crippen LogP contribution in [-0.2, 0) is 18.4 Å². The lowest BCUT2D eigenvalue weighted by molar-refractivity contribution is -0.135. The number of aryl methyl sites for hydroxylation is 3. The number of amides is 2. The zero-order valence-electron chi connectivity index (χ0n) is 14.5. The van der Waals surface area contributed by atoms with Gasteiger partial charge in [0.05, 0.1) is 0 Å². The summed E-state index contributed by atoms with van der Waals surface area (Å²) in [7, 11) is 1.84. The first-order valence-corrected chi connectivity index (χ1v) is 8.20. The molecule has 0 spiro atoms. The quantitative estimate of drug-likeness (QED) is 0.868. The van der Waals surface area contributed by atoms with Crippen molar-refractivity contribution in [2.45, 2.75) is 20.4 Å². The van der Waals surface area contributed by atoms with Gasteiger partial charge in [-0.25, -0.2) is 0 Å². The summed E-state index contributed by atoms with van der Waals surface area (Å²) < 4.78 is 1.79. The van der Waals surface area contributed by atoms with E-state index in [4.69, 9.17) is 0 Å². The predicted octanol–water partition coefficient (Wildman–Crippen LogP) is 2.13. The second kappa shape index (κ2) is 6.51. The summed E-state index contributed by atoms with van der Waals surface area (Å²) in [6.45, 7) is 6.05. The van der Waals surface area contributed by atoms with Crippen LogP contribution in [0.15, 0.2) is 36.5 Å². The molecule has 5 nitrogen and oxygen atoms in total. The van der Waals surface area contributed by atoms with Gasteiger partial charge in [-0.15, -0.1) is 0 Å². The number of hydrogen-bond acceptors (Lipinski definition) is 2. The Kier molecular flexibility index (Phi) is 4.42. The summed E-state index contributed by atoms with van der Waals surface area (Å²) >= 11 is 0. The molecular weight excluding hydrogens is 302 g/mol. The maximum atomic E-state index is 12.5. The minimum atomic E-state index is -0.0818. The van der Waals surface area contributed by atoms with E-state index in [9.17, 15) is 9.59 Å². The Morgan fingerprint density at radius 3 is 2.54 bits per heavy atom. The standard InChI is InChI=1S/C19H23N3O2/c1-14-6-7-16(11-15(14)2)12-21-9-10-22(13-18(21)23)19(24)17-5-4-8-20(17)3/h4-8,11H,9-10,12-13H2,1-3H3. The highest BCUT2D eigenvalue weighted by Gasteiger charge is 2.28. The molecule has 1 saturated heterocycles. The van der Waals surface area contributed by atoms with Crippen molar-refractivity contribution in [2.75, 3.05) is 19.6 Å². The SMILES string of the molecule is Cc1ccc(CN2CCN(C(=O)c3cccn3C)CC2=O)cc1C. The van der Waals surface area contributed by atoms with Gasteiger partial charge in [-0.2, -0.15) is 0 Å². The molecule has 3 rings (SSSR count). The maximum absolute atomic E-state index is 12.5. The van der Waals surface area contributed by atoms with Crippen LogP contribution in [0.1, 0.15) is 27.2 Å². The van der Waals surface area contributed by atoms with Gasteiger partial charge in [0, 0.05) is 32.9 Å². The number of carbonyl (C=O) groups excluding carboxylic acids is 2. The fourth-order valence-corrected chi connectivity index (χ4v) is 3.02. The molecule has 1 aromatic carbocycles. The topological polar surface area (TPSA) is 45.5 Å². The Hall–Kier alpha value is -2.56. The summed E-state index contributed by atoms with van der Waals surface area (Å²) in [5.74, 6) is -0.0799. The zero-order valence-corrected chi connectivity index (χ0v) is 14.5. The van der Waals surface area contributed by atoms with E-state index in [-0.39, 0.29) is 18.4 Å². The molecule has 2 aromatic rings. The van der Waals surface area contributed by atoms with E-state index in [0.29, 0.717) is 25.3 Å². The van der Waals surface area contributed by atoms with Crippen molar-refractivity contribution in [3.05, 3.63) is 58.9 Å². The third-order valence-corrected chi connectivity index (χ3v) is 4.71. The number of benzene rings is 1. The molecule has 126 valence electrons. The van der Waals surface area contributed by atoms with Crippen LogP contribution in [0.2, 0.25) is 0 Å². The Morgan fingerprint density at radius 2 is 1.92 bits per heavy atom. The molecule has 0 atom stereocenters. The Bertz CT molecular complexity index is 779. The summed E-state index contributed by atoms with van der Waals surface area (Å²) in [4.78, 5) is 28.4. The van der Waals surface area contributed by atoms with Crippen LogP contribution >= 0.6 is 0 Å². The predicted molar refractivity (Wildman–Crippen MR) is 92.6 cm³/mol. The van der Waals surface area contributed by atoms with Crippen molar-refractivity contribution >= 4 is 11.8 Å². The van der Waals surface area contributed by atoms with Crippen molar-refractivity contribution in [3.63, 3.8) is 0 Å². The first-order chi connectivity index (χ1) is 11.5. The minimum Gasteiger partial charge on any atom is -0.347 e. The first kappa shape index (κ1) is 16.3. The molecule has 0 N–H and O–H groups in total.